The molecule has 0 bridgehead atoms. The summed E-state index contributed by atoms with van der Waals surface area (Å²) in [6.07, 6.45) is 0. The number of nitrogens with one attached hydrogen (secondary N) is 2. The van der Waals surface area contributed by atoms with Gasteiger partial charge in [-0.3, -0.25) is 4.79 Å². The van der Waals surface area contributed by atoms with E-state index in [0.717, 1.165) is 11.4 Å². The Kier molecular flexibility index (Phi) is 5.42. The monoisotopic (exact) mass is 339 g/mol. The lowest BCUT2D eigenvalue weighted by Crippen LogP contribution is -2.28. The molecule has 0 unspecified atom stereocenters. The number of para-hydroxylation sites is 2. The first-order chi connectivity index (χ1) is 11.8. The quantitative estimate of drug-likeness (QED) is 0.644. The lowest BCUT2D eigenvalue weighted by atomic mass is 10.3. The van der Waals surface area contributed by atoms with E-state index in [2.05, 4.69) is 15.6 Å². The summed E-state index contributed by atoms with van der Waals surface area (Å²) < 4.78 is 5.53. The first kappa shape index (κ1) is 16.0. The highest BCUT2D eigenvalue weighted by Crippen LogP contribution is 2.20. The molecule has 0 aliphatic carbocycles. The Balaban J connectivity index is 1.45. The fourth-order valence-electron chi connectivity index (χ4n) is 2.02. The molecule has 6 heteroatoms. The third-order valence-electron chi connectivity index (χ3n) is 3.16. The Labute approximate surface area is 144 Å². The van der Waals surface area contributed by atoms with E-state index in [0.29, 0.717) is 24.0 Å². The molecule has 0 saturated carbocycles. The van der Waals surface area contributed by atoms with E-state index in [4.69, 9.17) is 4.74 Å². The Morgan fingerprint density at radius 3 is 2.50 bits per heavy atom. The highest BCUT2D eigenvalue weighted by molar-refractivity contribution is 7.14. The molecule has 0 aliphatic heterocycles. The second-order valence-electron chi connectivity index (χ2n) is 4.95. The first-order valence-electron chi connectivity index (χ1n) is 7.55. The number of anilines is 2. The molecular formula is C18H17N3O2S. The summed E-state index contributed by atoms with van der Waals surface area (Å²) in [6, 6.07) is 19.2. The van der Waals surface area contributed by atoms with Crippen molar-refractivity contribution >= 4 is 28.1 Å². The number of benzene rings is 2. The average Bonchev–Trinajstić information content (AvgIpc) is 3.09. The lowest BCUT2D eigenvalue weighted by molar-refractivity contribution is 0.0943. The van der Waals surface area contributed by atoms with Gasteiger partial charge in [-0.15, -0.1) is 11.3 Å². The zero-order valence-electron chi connectivity index (χ0n) is 12.9. The highest BCUT2D eigenvalue weighted by Gasteiger charge is 2.10. The number of thiazole rings is 1. The number of carbonyl (C=O) groups is 1. The van der Waals surface area contributed by atoms with Crippen molar-refractivity contribution in [2.45, 2.75) is 0 Å². The fraction of sp³-hybridized carbons (Fsp3) is 0.111. The molecule has 1 aromatic heterocycles. The van der Waals surface area contributed by atoms with Gasteiger partial charge in [0, 0.05) is 11.1 Å². The predicted octanol–water partition coefficient (Wildman–Crippen LogP) is 3.70. The molecular weight excluding hydrogens is 322 g/mol. The van der Waals surface area contributed by atoms with Crippen molar-refractivity contribution < 1.29 is 9.53 Å². The van der Waals surface area contributed by atoms with Crippen LogP contribution < -0.4 is 15.4 Å². The van der Waals surface area contributed by atoms with Gasteiger partial charge in [-0.05, 0) is 24.3 Å². The zero-order valence-corrected chi connectivity index (χ0v) is 13.8. The molecule has 122 valence electrons. The Hall–Kier alpha value is -2.86. The molecule has 5 nitrogen and oxygen atoms in total. The minimum absolute atomic E-state index is 0.205. The van der Waals surface area contributed by atoms with Gasteiger partial charge in [-0.25, -0.2) is 4.98 Å². The molecule has 3 aromatic rings. The van der Waals surface area contributed by atoms with E-state index in [-0.39, 0.29) is 5.91 Å². The molecule has 1 heterocycles. The van der Waals surface area contributed by atoms with Crippen molar-refractivity contribution in [1.82, 2.24) is 10.3 Å². The third-order valence-corrected chi connectivity index (χ3v) is 3.92. The molecule has 2 aromatic carbocycles. The largest absolute Gasteiger partial charge is 0.492 e. The van der Waals surface area contributed by atoms with Crippen LogP contribution in [0.5, 0.6) is 5.75 Å². The Morgan fingerprint density at radius 1 is 1.04 bits per heavy atom. The maximum atomic E-state index is 12.1. The van der Waals surface area contributed by atoms with Crippen molar-refractivity contribution in [2.75, 3.05) is 18.5 Å². The van der Waals surface area contributed by atoms with Gasteiger partial charge in [0.05, 0.1) is 6.54 Å². The van der Waals surface area contributed by atoms with Gasteiger partial charge in [-0.2, -0.15) is 0 Å². The standard InChI is InChI=1S/C18H17N3O2S/c22-17(19-11-12-23-15-9-5-2-6-10-15)16-13-24-18(21-16)20-14-7-3-1-4-8-14/h1-10,13H,11-12H2,(H,19,22)(H,20,21). The zero-order chi connectivity index (χ0) is 16.6. The fourth-order valence-corrected chi connectivity index (χ4v) is 2.73. The molecule has 0 fully saturated rings. The van der Waals surface area contributed by atoms with Gasteiger partial charge in [0.1, 0.15) is 18.1 Å². The van der Waals surface area contributed by atoms with E-state index in [1.54, 1.807) is 5.38 Å². The summed E-state index contributed by atoms with van der Waals surface area (Å²) in [5.41, 5.74) is 1.34. The number of carbonyl (C=O) groups excluding carboxylic acids is 1. The molecule has 0 atom stereocenters. The van der Waals surface area contributed by atoms with Crippen LogP contribution in [0.25, 0.3) is 0 Å². The van der Waals surface area contributed by atoms with E-state index in [9.17, 15) is 4.79 Å². The Morgan fingerprint density at radius 2 is 1.75 bits per heavy atom. The van der Waals surface area contributed by atoms with Crippen LogP contribution in [-0.4, -0.2) is 24.0 Å². The lowest BCUT2D eigenvalue weighted by Gasteiger charge is -2.06. The average molecular weight is 339 g/mol. The summed E-state index contributed by atoms with van der Waals surface area (Å²) in [5, 5.41) is 8.39. The van der Waals surface area contributed by atoms with Crippen LogP contribution in [0.3, 0.4) is 0 Å². The van der Waals surface area contributed by atoms with Crippen LogP contribution in [0.4, 0.5) is 10.8 Å². The third kappa shape index (κ3) is 4.57. The van der Waals surface area contributed by atoms with E-state index < -0.39 is 0 Å². The molecule has 2 N–H and O–H groups in total. The number of amides is 1. The number of nitrogens with zero attached hydrogens (tertiary/aromatic N) is 1. The molecule has 1 amide bonds. The minimum atomic E-state index is -0.205. The number of hydrogen-bond donors (Lipinski definition) is 2. The van der Waals surface area contributed by atoms with Crippen LogP contribution >= 0.6 is 11.3 Å². The van der Waals surface area contributed by atoms with Crippen molar-refractivity contribution in [3.05, 3.63) is 71.7 Å². The van der Waals surface area contributed by atoms with Crippen molar-refractivity contribution in [3.8, 4) is 5.75 Å². The minimum Gasteiger partial charge on any atom is -0.492 e. The van der Waals surface area contributed by atoms with Gasteiger partial charge >= 0.3 is 0 Å². The number of hydrogen-bond acceptors (Lipinski definition) is 5. The number of ether oxygens (including phenoxy) is 1. The van der Waals surface area contributed by atoms with E-state index in [1.165, 1.54) is 11.3 Å². The number of rotatable bonds is 7. The van der Waals surface area contributed by atoms with Crippen molar-refractivity contribution in [2.24, 2.45) is 0 Å². The van der Waals surface area contributed by atoms with Crippen LogP contribution in [0.2, 0.25) is 0 Å². The molecule has 0 aliphatic rings. The summed E-state index contributed by atoms with van der Waals surface area (Å²) in [5.74, 6) is 0.582. The number of aromatic nitrogens is 1. The molecule has 0 spiro atoms. The maximum absolute atomic E-state index is 12.1. The van der Waals surface area contributed by atoms with Gasteiger partial charge in [0.25, 0.3) is 5.91 Å². The summed E-state index contributed by atoms with van der Waals surface area (Å²) >= 11 is 1.39. The van der Waals surface area contributed by atoms with Gasteiger partial charge in [0.15, 0.2) is 5.13 Å². The topological polar surface area (TPSA) is 63.2 Å². The van der Waals surface area contributed by atoms with Crippen LogP contribution in [-0.2, 0) is 0 Å². The molecule has 24 heavy (non-hydrogen) atoms. The summed E-state index contributed by atoms with van der Waals surface area (Å²) in [4.78, 5) is 16.4. The van der Waals surface area contributed by atoms with Crippen molar-refractivity contribution in [1.29, 1.82) is 0 Å². The summed E-state index contributed by atoms with van der Waals surface area (Å²) in [7, 11) is 0. The Bertz CT molecular complexity index is 775. The second-order valence-corrected chi connectivity index (χ2v) is 5.80. The van der Waals surface area contributed by atoms with E-state index >= 15 is 0 Å². The van der Waals surface area contributed by atoms with Gasteiger partial charge in [0.2, 0.25) is 0 Å². The summed E-state index contributed by atoms with van der Waals surface area (Å²) in [6.45, 7) is 0.835. The molecule has 3 rings (SSSR count). The first-order valence-corrected chi connectivity index (χ1v) is 8.43. The maximum Gasteiger partial charge on any atom is 0.270 e. The van der Waals surface area contributed by atoms with E-state index in [1.807, 2.05) is 60.7 Å². The van der Waals surface area contributed by atoms with Crippen molar-refractivity contribution in [3.63, 3.8) is 0 Å². The highest BCUT2D eigenvalue weighted by atomic mass is 32.1. The van der Waals surface area contributed by atoms with Crippen LogP contribution in [0, 0.1) is 0 Å². The second kappa shape index (κ2) is 8.12. The van der Waals surface area contributed by atoms with Crippen LogP contribution in [0.1, 0.15) is 10.5 Å². The predicted molar refractivity (Wildman–Crippen MR) is 96.1 cm³/mol. The molecule has 0 radical (unpaired) electrons. The SMILES string of the molecule is O=C(NCCOc1ccccc1)c1csc(Nc2ccccc2)n1. The normalized spacial score (nSPS) is 10.2. The smallest absolute Gasteiger partial charge is 0.270 e. The van der Waals surface area contributed by atoms with Crippen LogP contribution in [0.15, 0.2) is 66.0 Å². The van der Waals surface area contributed by atoms with Gasteiger partial charge in [-0.1, -0.05) is 36.4 Å². The van der Waals surface area contributed by atoms with Gasteiger partial charge < -0.3 is 15.4 Å². The molecule has 0 saturated heterocycles.